The summed E-state index contributed by atoms with van der Waals surface area (Å²) in [6.45, 7) is 21.1. The van der Waals surface area contributed by atoms with Crippen molar-refractivity contribution in [2.45, 2.75) is 211 Å². The summed E-state index contributed by atoms with van der Waals surface area (Å²) < 4.78 is 0. The Morgan fingerprint density at radius 2 is 0.694 bits per heavy atom. The highest BCUT2D eigenvalue weighted by Gasteiger charge is 2.64. The first-order valence-electron chi connectivity index (χ1n) is 22.6. The van der Waals surface area contributed by atoms with E-state index < -0.39 is 16.5 Å². The lowest BCUT2D eigenvalue weighted by Gasteiger charge is -2.59. The van der Waals surface area contributed by atoms with Crippen molar-refractivity contribution in [2.75, 3.05) is 0 Å². The SMILES string of the molecule is CC(C)(C)N[Si](C)(C[Si](C)(NC(C)(C)C)C1CCC2[C]1C1CCCCC1C1CCCCC21)C1CCC2[C]1C1CCCCC1C1CCCCC21. The Balaban J connectivity index is 1.16. The average Bonchev–Trinajstić information content (AvgIpc) is 3.71. The van der Waals surface area contributed by atoms with Crippen LogP contribution in [0.3, 0.4) is 0 Å². The summed E-state index contributed by atoms with van der Waals surface area (Å²) in [5, 5.41) is 0. The van der Waals surface area contributed by atoms with E-state index in [2.05, 4.69) is 66.5 Å². The summed E-state index contributed by atoms with van der Waals surface area (Å²) in [6.07, 6.45) is 30.8. The molecule has 4 heteroatoms. The molecule has 0 heterocycles. The van der Waals surface area contributed by atoms with Crippen molar-refractivity contribution in [1.29, 1.82) is 0 Å². The smallest absolute Gasteiger partial charge is 0.125 e. The number of hydrogen-bond acceptors (Lipinski definition) is 2. The van der Waals surface area contributed by atoms with Crippen LogP contribution in [-0.2, 0) is 0 Å². The molecule has 0 spiro atoms. The normalized spacial score (nSPS) is 45.6. The molecule has 49 heavy (non-hydrogen) atoms. The Hall–Kier alpha value is 0.354. The molecule has 0 aromatic heterocycles. The lowest BCUT2D eigenvalue weighted by Crippen LogP contribution is -2.70. The molecular formula is C45H80N2Si2. The zero-order chi connectivity index (χ0) is 34.3. The molecule has 14 atom stereocenters. The molecule has 2 radical (unpaired) electrons. The first-order chi connectivity index (χ1) is 23.3. The lowest BCUT2D eigenvalue weighted by atomic mass is 9.51. The largest absolute Gasteiger partial charge is 0.332 e. The zero-order valence-corrected chi connectivity index (χ0v) is 35.8. The van der Waals surface area contributed by atoms with Crippen LogP contribution in [0, 0.1) is 71.0 Å². The van der Waals surface area contributed by atoms with Crippen LogP contribution in [0.1, 0.15) is 170 Å². The summed E-state index contributed by atoms with van der Waals surface area (Å²) in [7, 11) is -3.86. The summed E-state index contributed by atoms with van der Waals surface area (Å²) in [5.41, 5.74) is 3.72. The number of rotatable bonds is 6. The summed E-state index contributed by atoms with van der Waals surface area (Å²) in [6, 6.07) is 0. The fourth-order valence-electron chi connectivity index (χ4n) is 16.8. The van der Waals surface area contributed by atoms with Gasteiger partial charge in [-0.15, -0.1) is 0 Å². The number of hydrogen-bond donors (Lipinski definition) is 2. The highest BCUT2D eigenvalue weighted by molar-refractivity contribution is 6.96. The Bertz CT molecular complexity index is 1070. The molecule has 8 aliphatic carbocycles. The molecule has 0 bridgehead atoms. The Labute approximate surface area is 307 Å². The minimum absolute atomic E-state index is 0.185. The van der Waals surface area contributed by atoms with Gasteiger partial charge in [0.25, 0.3) is 0 Å². The van der Waals surface area contributed by atoms with E-state index in [1.807, 2.05) is 0 Å². The van der Waals surface area contributed by atoms with Crippen LogP contribution in [0.15, 0.2) is 0 Å². The van der Waals surface area contributed by atoms with Gasteiger partial charge in [0.05, 0.1) is 0 Å². The highest BCUT2D eigenvalue weighted by atomic mass is 28.4. The van der Waals surface area contributed by atoms with Crippen LogP contribution in [0.5, 0.6) is 0 Å². The van der Waals surface area contributed by atoms with Crippen LogP contribution in [0.2, 0.25) is 29.8 Å². The molecule has 0 saturated heterocycles. The van der Waals surface area contributed by atoms with Gasteiger partial charge in [-0.05, 0) is 194 Å². The predicted molar refractivity (Wildman–Crippen MR) is 215 cm³/mol. The molecule has 8 saturated carbocycles. The molecule has 8 aliphatic rings. The molecule has 8 rings (SSSR count). The van der Waals surface area contributed by atoms with Gasteiger partial charge in [0.2, 0.25) is 0 Å². The van der Waals surface area contributed by atoms with E-state index in [1.165, 1.54) is 64.2 Å². The Kier molecular flexibility index (Phi) is 10.1. The van der Waals surface area contributed by atoms with Gasteiger partial charge < -0.3 is 9.96 Å². The van der Waals surface area contributed by atoms with Gasteiger partial charge in [-0.3, -0.25) is 0 Å². The van der Waals surface area contributed by atoms with Crippen molar-refractivity contribution in [3.05, 3.63) is 11.8 Å². The highest BCUT2D eigenvalue weighted by Crippen LogP contribution is 2.69. The van der Waals surface area contributed by atoms with E-state index in [0.717, 1.165) is 70.3 Å². The second kappa shape index (κ2) is 13.6. The fraction of sp³-hybridized carbons (Fsp3) is 0.956. The van der Waals surface area contributed by atoms with Gasteiger partial charge in [0.15, 0.2) is 0 Å². The molecule has 0 aliphatic heterocycles. The zero-order valence-electron chi connectivity index (χ0n) is 33.8. The van der Waals surface area contributed by atoms with Crippen molar-refractivity contribution in [1.82, 2.24) is 9.96 Å². The number of nitrogens with one attached hydrogen (secondary N) is 2. The third-order valence-electron chi connectivity index (χ3n) is 17.2. The molecule has 8 fully saturated rings. The van der Waals surface area contributed by atoms with Crippen LogP contribution >= 0.6 is 0 Å². The molecule has 0 aromatic carbocycles. The third-order valence-corrected chi connectivity index (χ3v) is 30.0. The van der Waals surface area contributed by atoms with E-state index in [-0.39, 0.29) is 11.1 Å². The van der Waals surface area contributed by atoms with E-state index in [1.54, 1.807) is 69.9 Å². The molecule has 0 aromatic rings. The van der Waals surface area contributed by atoms with E-state index in [4.69, 9.17) is 9.96 Å². The first kappa shape index (κ1) is 36.3. The second-order valence-corrected chi connectivity index (χ2v) is 31.5. The Morgan fingerprint density at radius 3 is 1.02 bits per heavy atom. The number of fused-ring (bicyclic) bond motifs is 12. The minimum Gasteiger partial charge on any atom is -0.332 e. The molecule has 2 N–H and O–H groups in total. The molecule has 14 unspecified atom stereocenters. The van der Waals surface area contributed by atoms with Crippen LogP contribution < -0.4 is 9.96 Å². The van der Waals surface area contributed by atoms with Gasteiger partial charge in [-0.1, -0.05) is 77.3 Å². The van der Waals surface area contributed by atoms with Gasteiger partial charge in [-0.2, -0.15) is 0 Å². The van der Waals surface area contributed by atoms with E-state index >= 15 is 0 Å². The summed E-state index contributed by atoms with van der Waals surface area (Å²) in [5.74, 6) is 14.6. The van der Waals surface area contributed by atoms with E-state index in [0.29, 0.717) is 0 Å². The Morgan fingerprint density at radius 1 is 0.408 bits per heavy atom. The first-order valence-corrected chi connectivity index (χ1v) is 28.2. The molecule has 278 valence electrons. The standard InChI is InChI=1S/C45H80N2Si2/c1-44(2,3)46-48(7,40-27-25-38-34-21-11-9-17-30(34)32-19-13-15-23-36(32)42(38)40)29-49(8,47-45(4,5)6)41-28-26-39-35-22-12-10-18-31(35)33-20-14-16-24-37(33)43(39)41/h30-41,46-47H,9-29H2,1-8H3. The predicted octanol–water partition coefficient (Wildman–Crippen LogP) is 12.4. The van der Waals surface area contributed by atoms with Gasteiger partial charge in [0, 0.05) is 11.1 Å². The van der Waals surface area contributed by atoms with Crippen LogP contribution in [0.25, 0.3) is 0 Å². The summed E-state index contributed by atoms with van der Waals surface area (Å²) >= 11 is 0. The van der Waals surface area contributed by atoms with E-state index in [9.17, 15) is 0 Å². The lowest BCUT2D eigenvalue weighted by molar-refractivity contribution is 0.0107. The molecular weight excluding hydrogens is 625 g/mol. The van der Waals surface area contributed by atoms with Crippen molar-refractivity contribution in [2.24, 2.45) is 59.2 Å². The molecule has 0 amide bonds. The fourth-order valence-corrected chi connectivity index (χ4v) is 33.3. The van der Waals surface area contributed by atoms with Crippen molar-refractivity contribution in [3.63, 3.8) is 0 Å². The van der Waals surface area contributed by atoms with Gasteiger partial charge in [-0.25, -0.2) is 0 Å². The topological polar surface area (TPSA) is 24.1 Å². The monoisotopic (exact) mass is 705 g/mol. The average molecular weight is 705 g/mol. The van der Waals surface area contributed by atoms with Gasteiger partial charge in [0.1, 0.15) is 16.5 Å². The molecule has 2 nitrogen and oxygen atoms in total. The van der Waals surface area contributed by atoms with Gasteiger partial charge >= 0.3 is 0 Å². The maximum absolute atomic E-state index is 4.72. The van der Waals surface area contributed by atoms with Crippen LogP contribution in [-0.4, -0.2) is 27.5 Å². The summed E-state index contributed by atoms with van der Waals surface area (Å²) in [4.78, 5) is 9.43. The minimum atomic E-state index is -1.93. The maximum Gasteiger partial charge on any atom is 0.125 e. The van der Waals surface area contributed by atoms with Crippen molar-refractivity contribution < 1.29 is 0 Å². The third kappa shape index (κ3) is 6.72. The van der Waals surface area contributed by atoms with Crippen molar-refractivity contribution >= 4 is 16.5 Å². The second-order valence-electron chi connectivity index (χ2n) is 22.6. The quantitative estimate of drug-likeness (QED) is 0.269. The van der Waals surface area contributed by atoms with Crippen molar-refractivity contribution in [3.8, 4) is 0 Å². The van der Waals surface area contributed by atoms with Crippen LogP contribution in [0.4, 0.5) is 0 Å². The maximum atomic E-state index is 4.72.